The number of hydrogen-bond donors (Lipinski definition) is 2. The third kappa shape index (κ3) is 5.25. The van der Waals surface area contributed by atoms with E-state index >= 15 is 0 Å². The molecule has 0 atom stereocenters. The Morgan fingerprint density at radius 2 is 1.75 bits per heavy atom. The smallest absolute Gasteiger partial charge is 0.387 e. The Labute approximate surface area is 162 Å². The van der Waals surface area contributed by atoms with Gasteiger partial charge in [-0.2, -0.15) is 8.78 Å². The molecule has 3 rings (SSSR count). The van der Waals surface area contributed by atoms with E-state index in [1.807, 2.05) is 12.1 Å². The highest BCUT2D eigenvalue weighted by Crippen LogP contribution is 2.27. The number of alkyl halides is 2. The van der Waals surface area contributed by atoms with Gasteiger partial charge in [-0.15, -0.1) is 0 Å². The number of aromatic hydroxyl groups is 1. The summed E-state index contributed by atoms with van der Waals surface area (Å²) in [7, 11) is 0. The zero-order chi connectivity index (χ0) is 19.9. The van der Waals surface area contributed by atoms with Gasteiger partial charge in [-0.25, -0.2) is 4.79 Å². The summed E-state index contributed by atoms with van der Waals surface area (Å²) in [6, 6.07) is 13.4. The first kappa shape index (κ1) is 19.7. The molecule has 0 aliphatic carbocycles. The van der Waals surface area contributed by atoms with Gasteiger partial charge in [0.2, 0.25) is 0 Å². The summed E-state index contributed by atoms with van der Waals surface area (Å²) >= 11 is 0. The first-order valence-corrected chi connectivity index (χ1v) is 9.12. The van der Waals surface area contributed by atoms with Crippen LogP contribution in [0.15, 0.2) is 48.5 Å². The number of rotatable bonds is 6. The molecule has 0 unspecified atom stereocenters. The van der Waals surface area contributed by atoms with Crippen molar-refractivity contribution < 1.29 is 23.4 Å². The standard InChI is InChI=1S/C20H23F2N3O3/c21-19(22)28-16-7-5-15(6-8-16)9-10-23-20(27)25-13-11-24(12-14-25)17-3-1-2-4-18(17)26/h1-8,19,26H,9-14H2,(H,23,27). The van der Waals surface area contributed by atoms with Crippen molar-refractivity contribution >= 4 is 11.7 Å². The average molecular weight is 391 g/mol. The van der Waals surface area contributed by atoms with Gasteiger partial charge in [-0.3, -0.25) is 0 Å². The average Bonchev–Trinajstić information content (AvgIpc) is 2.69. The topological polar surface area (TPSA) is 65.0 Å². The summed E-state index contributed by atoms with van der Waals surface area (Å²) in [4.78, 5) is 16.1. The molecular weight excluding hydrogens is 368 g/mol. The Hall–Kier alpha value is -3.03. The Kier molecular flexibility index (Phi) is 6.52. The van der Waals surface area contributed by atoms with Gasteiger partial charge in [-0.1, -0.05) is 24.3 Å². The largest absolute Gasteiger partial charge is 0.506 e. The highest BCUT2D eigenvalue weighted by atomic mass is 19.3. The number of nitrogens with zero attached hydrogens (tertiary/aromatic N) is 2. The Morgan fingerprint density at radius 1 is 1.07 bits per heavy atom. The molecule has 28 heavy (non-hydrogen) atoms. The van der Waals surface area contributed by atoms with Crippen molar-refractivity contribution in [3.63, 3.8) is 0 Å². The molecule has 2 N–H and O–H groups in total. The molecule has 2 aromatic carbocycles. The van der Waals surface area contributed by atoms with E-state index in [0.717, 1.165) is 11.3 Å². The number of urea groups is 1. The Morgan fingerprint density at radius 3 is 2.39 bits per heavy atom. The molecule has 6 nitrogen and oxygen atoms in total. The van der Waals surface area contributed by atoms with Gasteiger partial charge in [0.25, 0.3) is 0 Å². The second kappa shape index (κ2) is 9.25. The van der Waals surface area contributed by atoms with Crippen molar-refractivity contribution in [3.8, 4) is 11.5 Å². The molecular formula is C20H23F2N3O3. The lowest BCUT2D eigenvalue weighted by molar-refractivity contribution is -0.0498. The van der Waals surface area contributed by atoms with Crippen molar-refractivity contribution in [1.29, 1.82) is 0 Å². The fraction of sp³-hybridized carbons (Fsp3) is 0.350. The molecule has 1 fully saturated rings. The molecule has 0 bridgehead atoms. The third-order valence-electron chi connectivity index (χ3n) is 4.63. The molecule has 8 heteroatoms. The van der Waals surface area contributed by atoms with Crippen LogP contribution in [-0.2, 0) is 6.42 Å². The number of carbonyl (C=O) groups excluding carboxylic acids is 1. The van der Waals surface area contributed by atoms with Crippen LogP contribution in [0.2, 0.25) is 0 Å². The molecule has 1 aliphatic heterocycles. The van der Waals surface area contributed by atoms with Gasteiger partial charge < -0.3 is 25.0 Å². The monoisotopic (exact) mass is 391 g/mol. The first-order valence-electron chi connectivity index (χ1n) is 9.12. The number of amides is 2. The number of benzene rings is 2. The Bertz CT molecular complexity index is 779. The number of nitrogens with one attached hydrogen (secondary N) is 1. The van der Waals surface area contributed by atoms with E-state index in [1.165, 1.54) is 12.1 Å². The van der Waals surface area contributed by atoms with E-state index in [9.17, 15) is 18.7 Å². The zero-order valence-corrected chi connectivity index (χ0v) is 15.4. The minimum Gasteiger partial charge on any atom is -0.506 e. The number of halogens is 2. The second-order valence-electron chi connectivity index (χ2n) is 6.47. The SMILES string of the molecule is O=C(NCCc1ccc(OC(F)F)cc1)N1CCN(c2ccccc2O)CC1. The number of hydrogen-bond acceptors (Lipinski definition) is 4. The molecule has 0 aromatic heterocycles. The number of anilines is 1. The van der Waals surface area contributed by atoms with Crippen LogP contribution >= 0.6 is 0 Å². The van der Waals surface area contributed by atoms with Gasteiger partial charge in [0.15, 0.2) is 0 Å². The normalized spacial score (nSPS) is 14.2. The predicted octanol–water partition coefficient (Wildman–Crippen LogP) is 3.07. The summed E-state index contributed by atoms with van der Waals surface area (Å²) in [5.41, 5.74) is 1.70. The Balaban J connectivity index is 1.41. The van der Waals surface area contributed by atoms with E-state index in [0.29, 0.717) is 39.1 Å². The highest BCUT2D eigenvalue weighted by Gasteiger charge is 2.22. The van der Waals surface area contributed by atoms with Crippen LogP contribution in [-0.4, -0.2) is 55.4 Å². The van der Waals surface area contributed by atoms with Gasteiger partial charge >= 0.3 is 12.6 Å². The molecule has 0 radical (unpaired) electrons. The van der Waals surface area contributed by atoms with Crippen LogP contribution in [0.5, 0.6) is 11.5 Å². The summed E-state index contributed by atoms with van der Waals surface area (Å²) < 4.78 is 28.6. The summed E-state index contributed by atoms with van der Waals surface area (Å²) in [5.74, 6) is 0.357. The first-order chi connectivity index (χ1) is 13.5. The number of phenols is 1. The van der Waals surface area contributed by atoms with E-state index in [4.69, 9.17) is 0 Å². The molecule has 0 saturated carbocycles. The van der Waals surface area contributed by atoms with Crippen LogP contribution in [0.4, 0.5) is 19.3 Å². The van der Waals surface area contributed by atoms with Crippen molar-refractivity contribution in [2.45, 2.75) is 13.0 Å². The molecule has 1 heterocycles. The van der Waals surface area contributed by atoms with Gasteiger partial charge in [-0.05, 0) is 36.2 Å². The lowest BCUT2D eigenvalue weighted by atomic mass is 10.1. The van der Waals surface area contributed by atoms with Gasteiger partial charge in [0, 0.05) is 32.7 Å². The maximum absolute atomic E-state index is 12.3. The summed E-state index contributed by atoms with van der Waals surface area (Å²) in [6.45, 7) is 0.0527. The van der Waals surface area contributed by atoms with E-state index in [1.54, 1.807) is 29.2 Å². The number of para-hydroxylation sites is 2. The third-order valence-corrected chi connectivity index (χ3v) is 4.63. The van der Waals surface area contributed by atoms with Crippen LogP contribution in [0, 0.1) is 0 Å². The maximum Gasteiger partial charge on any atom is 0.387 e. The molecule has 0 spiro atoms. The van der Waals surface area contributed by atoms with E-state index in [2.05, 4.69) is 15.0 Å². The number of phenolic OH excluding ortho intramolecular Hbond substituents is 1. The van der Waals surface area contributed by atoms with E-state index in [-0.39, 0.29) is 17.5 Å². The molecule has 2 amide bonds. The predicted molar refractivity (Wildman–Crippen MR) is 102 cm³/mol. The molecule has 150 valence electrons. The summed E-state index contributed by atoms with van der Waals surface area (Å²) in [5, 5.41) is 12.8. The minimum atomic E-state index is -2.84. The van der Waals surface area contributed by atoms with Crippen LogP contribution < -0.4 is 15.0 Å². The fourth-order valence-corrected chi connectivity index (χ4v) is 3.15. The van der Waals surface area contributed by atoms with Crippen molar-refractivity contribution in [2.75, 3.05) is 37.6 Å². The van der Waals surface area contributed by atoms with Crippen LogP contribution in [0.3, 0.4) is 0 Å². The van der Waals surface area contributed by atoms with E-state index < -0.39 is 6.61 Å². The van der Waals surface area contributed by atoms with Crippen molar-refractivity contribution in [1.82, 2.24) is 10.2 Å². The quantitative estimate of drug-likeness (QED) is 0.794. The minimum absolute atomic E-state index is 0.116. The summed E-state index contributed by atoms with van der Waals surface area (Å²) in [6.07, 6.45) is 0.596. The molecule has 1 saturated heterocycles. The highest BCUT2D eigenvalue weighted by molar-refractivity contribution is 5.74. The number of ether oxygens (including phenoxy) is 1. The number of carbonyl (C=O) groups is 1. The number of piperazine rings is 1. The molecule has 2 aromatic rings. The zero-order valence-electron chi connectivity index (χ0n) is 15.4. The van der Waals surface area contributed by atoms with Gasteiger partial charge in [0.05, 0.1) is 5.69 Å². The molecule has 1 aliphatic rings. The van der Waals surface area contributed by atoms with Crippen LogP contribution in [0.25, 0.3) is 0 Å². The van der Waals surface area contributed by atoms with Gasteiger partial charge in [0.1, 0.15) is 11.5 Å². The van der Waals surface area contributed by atoms with Crippen molar-refractivity contribution in [3.05, 3.63) is 54.1 Å². The lowest BCUT2D eigenvalue weighted by Crippen LogP contribution is -2.52. The van der Waals surface area contributed by atoms with Crippen LogP contribution in [0.1, 0.15) is 5.56 Å². The second-order valence-corrected chi connectivity index (χ2v) is 6.47. The lowest BCUT2D eigenvalue weighted by Gasteiger charge is -2.36. The van der Waals surface area contributed by atoms with Crippen molar-refractivity contribution in [2.24, 2.45) is 0 Å². The fourth-order valence-electron chi connectivity index (χ4n) is 3.15. The maximum atomic E-state index is 12.3.